The van der Waals surface area contributed by atoms with Crippen molar-refractivity contribution in [2.75, 3.05) is 42.8 Å². The Morgan fingerprint density at radius 1 is 1.21 bits per heavy atom. The normalized spacial score (nSPS) is 15.4. The van der Waals surface area contributed by atoms with Crippen molar-refractivity contribution in [1.82, 2.24) is 9.97 Å². The summed E-state index contributed by atoms with van der Waals surface area (Å²) in [5, 5.41) is 2.86. The number of carbonyl (C=O) groups is 1. The SMILES string of the molecule is CC(C)C(=O)Nc1ccc(-c2nc(CS(C)(O)O)cc(N3CCOCC3)n2)cc1. The van der Waals surface area contributed by atoms with Crippen LogP contribution in [0, 0.1) is 5.92 Å². The Labute approximate surface area is 172 Å². The van der Waals surface area contributed by atoms with Gasteiger partial charge in [-0.15, -0.1) is 0 Å². The first-order chi connectivity index (χ1) is 13.7. The van der Waals surface area contributed by atoms with Gasteiger partial charge in [-0.3, -0.25) is 13.9 Å². The van der Waals surface area contributed by atoms with Crippen molar-refractivity contribution in [2.45, 2.75) is 19.6 Å². The predicted molar refractivity (Wildman–Crippen MR) is 116 cm³/mol. The first kappa shape index (κ1) is 21.5. The molecule has 2 aromatic rings. The summed E-state index contributed by atoms with van der Waals surface area (Å²) in [6.07, 6.45) is 1.41. The number of rotatable bonds is 6. The van der Waals surface area contributed by atoms with Crippen LogP contribution in [0.25, 0.3) is 11.4 Å². The first-order valence-electron chi connectivity index (χ1n) is 9.54. The van der Waals surface area contributed by atoms with Crippen molar-refractivity contribution < 1.29 is 18.6 Å². The van der Waals surface area contributed by atoms with Gasteiger partial charge in [-0.1, -0.05) is 13.8 Å². The van der Waals surface area contributed by atoms with E-state index in [0.717, 1.165) is 24.5 Å². The average Bonchev–Trinajstić information content (AvgIpc) is 2.67. The van der Waals surface area contributed by atoms with E-state index >= 15 is 0 Å². The van der Waals surface area contributed by atoms with Gasteiger partial charge < -0.3 is 15.0 Å². The molecule has 1 aromatic heterocycles. The molecule has 1 saturated heterocycles. The summed E-state index contributed by atoms with van der Waals surface area (Å²) in [7, 11) is -2.73. The fourth-order valence-corrected chi connectivity index (χ4v) is 3.62. The van der Waals surface area contributed by atoms with E-state index in [1.54, 1.807) is 0 Å². The lowest BCUT2D eigenvalue weighted by molar-refractivity contribution is -0.118. The second-order valence-electron chi connectivity index (χ2n) is 7.50. The minimum atomic E-state index is -2.73. The molecule has 29 heavy (non-hydrogen) atoms. The van der Waals surface area contributed by atoms with Gasteiger partial charge in [0.2, 0.25) is 5.91 Å². The third-order valence-electron chi connectivity index (χ3n) is 4.46. The quantitative estimate of drug-likeness (QED) is 0.657. The van der Waals surface area contributed by atoms with Gasteiger partial charge in [-0.2, -0.15) is 10.6 Å². The van der Waals surface area contributed by atoms with E-state index in [-0.39, 0.29) is 17.6 Å². The highest BCUT2D eigenvalue weighted by molar-refractivity contribution is 8.23. The second kappa shape index (κ2) is 9.08. The Morgan fingerprint density at radius 3 is 2.45 bits per heavy atom. The van der Waals surface area contributed by atoms with Crippen LogP contribution in [0.3, 0.4) is 0 Å². The Balaban J connectivity index is 1.90. The maximum atomic E-state index is 11.9. The molecule has 0 spiro atoms. The molecule has 0 bridgehead atoms. The largest absolute Gasteiger partial charge is 0.378 e. The maximum absolute atomic E-state index is 11.9. The van der Waals surface area contributed by atoms with Crippen LogP contribution < -0.4 is 10.2 Å². The number of nitrogens with one attached hydrogen (secondary N) is 1. The lowest BCUT2D eigenvalue weighted by Gasteiger charge is -2.30. The summed E-state index contributed by atoms with van der Waals surface area (Å²) < 4.78 is 25.2. The Morgan fingerprint density at radius 2 is 1.86 bits per heavy atom. The van der Waals surface area contributed by atoms with E-state index in [1.807, 2.05) is 44.2 Å². The summed E-state index contributed by atoms with van der Waals surface area (Å²) in [4.78, 5) is 23.2. The van der Waals surface area contributed by atoms with Crippen molar-refractivity contribution in [2.24, 2.45) is 5.92 Å². The molecule has 158 valence electrons. The van der Waals surface area contributed by atoms with E-state index in [9.17, 15) is 13.9 Å². The zero-order valence-corrected chi connectivity index (χ0v) is 17.8. The van der Waals surface area contributed by atoms with Crippen LogP contribution in [0.2, 0.25) is 0 Å². The molecular formula is C20H28N4O4S. The monoisotopic (exact) mass is 420 g/mol. The topological polar surface area (TPSA) is 108 Å². The number of aromatic nitrogens is 2. The molecule has 0 unspecified atom stereocenters. The van der Waals surface area contributed by atoms with Gasteiger partial charge in [0, 0.05) is 42.6 Å². The van der Waals surface area contributed by atoms with Gasteiger partial charge in [0.25, 0.3) is 0 Å². The van der Waals surface area contributed by atoms with Crippen LogP contribution in [-0.4, -0.2) is 57.5 Å². The summed E-state index contributed by atoms with van der Waals surface area (Å²) in [5.74, 6) is 1.18. The molecule has 0 radical (unpaired) electrons. The summed E-state index contributed by atoms with van der Waals surface area (Å²) in [5.41, 5.74) is 2.08. The number of morpholine rings is 1. The molecule has 0 aliphatic carbocycles. The van der Waals surface area contributed by atoms with E-state index < -0.39 is 10.6 Å². The molecule has 1 aromatic carbocycles. The second-order valence-corrected chi connectivity index (χ2v) is 9.78. The minimum absolute atomic E-state index is 0.0428. The number of anilines is 2. The molecule has 1 amide bonds. The summed E-state index contributed by atoms with van der Waals surface area (Å²) >= 11 is 0. The molecule has 3 rings (SSSR count). The molecule has 1 aliphatic rings. The number of amides is 1. The maximum Gasteiger partial charge on any atom is 0.226 e. The van der Waals surface area contributed by atoms with Crippen molar-refractivity contribution in [1.29, 1.82) is 0 Å². The zero-order chi connectivity index (χ0) is 21.0. The number of hydrogen-bond acceptors (Lipinski definition) is 7. The first-order valence-corrected chi connectivity index (χ1v) is 11.7. The molecule has 0 atom stereocenters. The molecule has 2 heterocycles. The van der Waals surface area contributed by atoms with Crippen molar-refractivity contribution in [3.05, 3.63) is 36.0 Å². The Kier molecular flexibility index (Phi) is 6.74. The van der Waals surface area contributed by atoms with E-state index in [2.05, 4.69) is 15.2 Å². The molecule has 8 nitrogen and oxygen atoms in total. The highest BCUT2D eigenvalue weighted by Gasteiger charge is 2.18. The Hall–Kier alpha value is -2.20. The van der Waals surface area contributed by atoms with Crippen molar-refractivity contribution in [3.8, 4) is 11.4 Å². The van der Waals surface area contributed by atoms with E-state index in [0.29, 0.717) is 30.4 Å². The molecule has 9 heteroatoms. The van der Waals surface area contributed by atoms with Gasteiger partial charge in [-0.05, 0) is 24.3 Å². The fourth-order valence-electron chi connectivity index (χ4n) is 2.91. The number of nitrogens with zero attached hydrogens (tertiary/aromatic N) is 3. The number of hydrogen-bond donors (Lipinski definition) is 3. The summed E-state index contributed by atoms with van der Waals surface area (Å²) in [6, 6.07) is 9.13. The number of carbonyl (C=O) groups excluding carboxylic acids is 1. The summed E-state index contributed by atoms with van der Waals surface area (Å²) in [6.45, 7) is 6.38. The van der Waals surface area contributed by atoms with E-state index in [4.69, 9.17) is 9.72 Å². The predicted octanol–water partition coefficient (Wildman–Crippen LogP) is 3.46. The number of ether oxygens (including phenoxy) is 1. The molecule has 1 aliphatic heterocycles. The van der Waals surface area contributed by atoms with Crippen LogP contribution in [0.5, 0.6) is 0 Å². The van der Waals surface area contributed by atoms with Crippen molar-refractivity contribution in [3.63, 3.8) is 0 Å². The van der Waals surface area contributed by atoms with Crippen molar-refractivity contribution >= 4 is 28.0 Å². The van der Waals surface area contributed by atoms with Crippen LogP contribution in [0.15, 0.2) is 30.3 Å². The average molecular weight is 421 g/mol. The van der Waals surface area contributed by atoms with E-state index in [1.165, 1.54) is 6.26 Å². The lowest BCUT2D eigenvalue weighted by atomic mass is 10.1. The van der Waals surface area contributed by atoms with Crippen LogP contribution in [0.1, 0.15) is 19.5 Å². The molecule has 0 saturated carbocycles. The van der Waals surface area contributed by atoms with Crippen LogP contribution in [0.4, 0.5) is 11.5 Å². The Bertz CT molecular complexity index is 847. The number of benzene rings is 1. The minimum Gasteiger partial charge on any atom is -0.378 e. The van der Waals surface area contributed by atoms with Gasteiger partial charge in [-0.25, -0.2) is 9.97 Å². The third-order valence-corrected chi connectivity index (χ3v) is 5.30. The van der Waals surface area contributed by atoms with Gasteiger partial charge in [0.05, 0.1) is 24.7 Å². The standard InChI is InChI=1S/C20H28N4O4S/c1-14(2)20(25)22-16-6-4-15(5-7-16)19-21-17(13-29(3,26)27)12-18(23-19)24-8-10-28-11-9-24/h4-7,12,14,26-27H,8-11,13H2,1-3H3,(H,22,25). The van der Waals surface area contributed by atoms with Gasteiger partial charge in [0.1, 0.15) is 5.82 Å². The van der Waals surface area contributed by atoms with Crippen LogP contribution in [-0.2, 0) is 15.3 Å². The zero-order valence-electron chi connectivity index (χ0n) is 17.0. The fraction of sp³-hybridized carbons (Fsp3) is 0.450. The molecule has 3 N–H and O–H groups in total. The highest BCUT2D eigenvalue weighted by atomic mass is 32.3. The molecular weight excluding hydrogens is 392 g/mol. The third kappa shape index (κ3) is 6.14. The van der Waals surface area contributed by atoms with Gasteiger partial charge in [0.15, 0.2) is 5.82 Å². The van der Waals surface area contributed by atoms with Crippen LogP contribution >= 0.6 is 10.6 Å². The van der Waals surface area contributed by atoms with Gasteiger partial charge >= 0.3 is 0 Å². The highest BCUT2D eigenvalue weighted by Crippen LogP contribution is 2.38. The molecule has 1 fully saturated rings. The lowest BCUT2D eigenvalue weighted by Crippen LogP contribution is -2.37. The smallest absolute Gasteiger partial charge is 0.226 e.